The van der Waals surface area contributed by atoms with Crippen molar-refractivity contribution in [2.75, 3.05) is 19.1 Å². The Balaban J connectivity index is 1.82. The van der Waals surface area contributed by atoms with Crippen LogP contribution in [0.2, 0.25) is 0 Å². The molecule has 1 saturated carbocycles. The number of alkyl halides is 1. The predicted molar refractivity (Wildman–Crippen MR) is 54.4 cm³/mol. The zero-order valence-electron chi connectivity index (χ0n) is 8.22. The summed E-state index contributed by atoms with van der Waals surface area (Å²) in [5, 5.41) is 3.04. The Kier molecular flexibility index (Phi) is 2.98. The number of amides is 1. The second kappa shape index (κ2) is 4.07. The summed E-state index contributed by atoms with van der Waals surface area (Å²) in [4.78, 5) is 11.8. The van der Waals surface area contributed by atoms with Gasteiger partial charge in [0.25, 0.3) is 0 Å². The Morgan fingerprint density at radius 3 is 2.86 bits per heavy atom. The first-order valence-electron chi connectivity index (χ1n) is 5.21. The maximum atomic E-state index is 11.8. The molecule has 1 atom stereocenters. The number of carbonyl (C=O) groups is 1. The van der Waals surface area contributed by atoms with E-state index in [1.807, 2.05) is 0 Å². The SMILES string of the molecule is O=C(NC1(CCl)CC1)C1CCCOC1. The normalized spacial score (nSPS) is 29.6. The molecule has 1 N–H and O–H groups in total. The van der Waals surface area contributed by atoms with Gasteiger partial charge in [0.2, 0.25) is 5.91 Å². The minimum atomic E-state index is -0.0733. The molecule has 14 heavy (non-hydrogen) atoms. The van der Waals surface area contributed by atoms with E-state index in [0.717, 1.165) is 32.3 Å². The number of nitrogens with one attached hydrogen (secondary N) is 1. The summed E-state index contributed by atoms with van der Waals surface area (Å²) in [6.07, 6.45) is 3.99. The maximum absolute atomic E-state index is 11.8. The van der Waals surface area contributed by atoms with Gasteiger partial charge in [-0.25, -0.2) is 0 Å². The quantitative estimate of drug-likeness (QED) is 0.724. The first kappa shape index (κ1) is 10.2. The summed E-state index contributed by atoms with van der Waals surface area (Å²) in [5.41, 5.74) is -0.0733. The zero-order chi connectivity index (χ0) is 10.0. The largest absolute Gasteiger partial charge is 0.381 e. The minimum Gasteiger partial charge on any atom is -0.381 e. The van der Waals surface area contributed by atoms with Crippen molar-refractivity contribution in [2.24, 2.45) is 5.92 Å². The summed E-state index contributed by atoms with van der Waals surface area (Å²) in [5.74, 6) is 0.707. The molecule has 2 rings (SSSR count). The van der Waals surface area contributed by atoms with Crippen LogP contribution in [0, 0.1) is 5.92 Å². The van der Waals surface area contributed by atoms with Crippen molar-refractivity contribution >= 4 is 17.5 Å². The third kappa shape index (κ3) is 2.20. The smallest absolute Gasteiger partial charge is 0.225 e. The van der Waals surface area contributed by atoms with Crippen molar-refractivity contribution in [2.45, 2.75) is 31.2 Å². The van der Waals surface area contributed by atoms with Gasteiger partial charge in [0.15, 0.2) is 0 Å². The zero-order valence-corrected chi connectivity index (χ0v) is 8.98. The van der Waals surface area contributed by atoms with E-state index in [1.54, 1.807) is 0 Å². The summed E-state index contributed by atoms with van der Waals surface area (Å²) in [7, 11) is 0. The molecule has 0 radical (unpaired) electrons. The third-order valence-corrected chi connectivity index (χ3v) is 3.54. The van der Waals surface area contributed by atoms with Crippen LogP contribution in [-0.4, -0.2) is 30.5 Å². The van der Waals surface area contributed by atoms with Gasteiger partial charge in [0.1, 0.15) is 0 Å². The molecule has 0 bridgehead atoms. The van der Waals surface area contributed by atoms with E-state index in [9.17, 15) is 4.79 Å². The number of halogens is 1. The van der Waals surface area contributed by atoms with E-state index in [4.69, 9.17) is 16.3 Å². The molecule has 1 heterocycles. The molecule has 1 saturated heterocycles. The van der Waals surface area contributed by atoms with E-state index >= 15 is 0 Å². The maximum Gasteiger partial charge on any atom is 0.225 e. The molecule has 0 spiro atoms. The molecule has 2 aliphatic rings. The molecule has 2 fully saturated rings. The number of carbonyl (C=O) groups excluding carboxylic acids is 1. The van der Waals surface area contributed by atoms with Crippen molar-refractivity contribution in [3.63, 3.8) is 0 Å². The van der Waals surface area contributed by atoms with Gasteiger partial charge in [-0.1, -0.05) is 0 Å². The first-order chi connectivity index (χ1) is 6.76. The van der Waals surface area contributed by atoms with Crippen molar-refractivity contribution in [3.05, 3.63) is 0 Å². The topological polar surface area (TPSA) is 38.3 Å². The molecule has 1 aliphatic carbocycles. The molecule has 80 valence electrons. The predicted octanol–water partition coefficient (Wildman–Crippen LogP) is 1.30. The van der Waals surface area contributed by atoms with Gasteiger partial charge < -0.3 is 10.1 Å². The van der Waals surface area contributed by atoms with Gasteiger partial charge in [-0.05, 0) is 25.7 Å². The van der Waals surface area contributed by atoms with Crippen LogP contribution in [0.4, 0.5) is 0 Å². The highest BCUT2D eigenvalue weighted by atomic mass is 35.5. The molecule has 0 aromatic carbocycles. The van der Waals surface area contributed by atoms with Crippen LogP contribution in [0.1, 0.15) is 25.7 Å². The second-order valence-electron chi connectivity index (χ2n) is 4.32. The highest BCUT2D eigenvalue weighted by Gasteiger charge is 2.44. The van der Waals surface area contributed by atoms with Crippen LogP contribution in [0.25, 0.3) is 0 Å². The molecule has 1 amide bonds. The Bertz CT molecular complexity index is 222. The number of hydrogen-bond donors (Lipinski definition) is 1. The summed E-state index contributed by atoms with van der Waals surface area (Å²) < 4.78 is 5.28. The molecule has 3 nitrogen and oxygen atoms in total. The lowest BCUT2D eigenvalue weighted by Crippen LogP contribution is -2.44. The average molecular weight is 218 g/mol. The fourth-order valence-electron chi connectivity index (χ4n) is 1.75. The second-order valence-corrected chi connectivity index (χ2v) is 4.58. The standard InChI is InChI=1S/C10H16ClNO2/c11-7-10(3-4-10)12-9(13)8-2-1-5-14-6-8/h8H,1-7H2,(H,12,13). The van der Waals surface area contributed by atoms with E-state index in [0.29, 0.717) is 12.5 Å². The van der Waals surface area contributed by atoms with Crippen LogP contribution in [0.5, 0.6) is 0 Å². The Labute approximate surface area is 89.1 Å². The fourth-order valence-corrected chi connectivity index (χ4v) is 2.09. The number of hydrogen-bond acceptors (Lipinski definition) is 2. The Morgan fingerprint density at radius 2 is 2.36 bits per heavy atom. The van der Waals surface area contributed by atoms with Gasteiger partial charge in [-0.3, -0.25) is 4.79 Å². The Morgan fingerprint density at radius 1 is 1.57 bits per heavy atom. The fraction of sp³-hybridized carbons (Fsp3) is 0.900. The van der Waals surface area contributed by atoms with Crippen LogP contribution in [0.3, 0.4) is 0 Å². The van der Waals surface area contributed by atoms with Gasteiger partial charge >= 0.3 is 0 Å². The van der Waals surface area contributed by atoms with Gasteiger partial charge in [0.05, 0.1) is 18.1 Å². The molecule has 1 unspecified atom stereocenters. The van der Waals surface area contributed by atoms with Gasteiger partial charge in [0, 0.05) is 12.5 Å². The molecule has 1 aliphatic heterocycles. The lowest BCUT2D eigenvalue weighted by molar-refractivity contribution is -0.129. The molecular formula is C10H16ClNO2. The van der Waals surface area contributed by atoms with E-state index < -0.39 is 0 Å². The van der Waals surface area contributed by atoms with Crippen molar-refractivity contribution in [1.82, 2.24) is 5.32 Å². The summed E-state index contributed by atoms with van der Waals surface area (Å²) in [6.45, 7) is 1.37. The van der Waals surface area contributed by atoms with Crippen molar-refractivity contribution in [1.29, 1.82) is 0 Å². The van der Waals surface area contributed by atoms with Gasteiger partial charge in [-0.15, -0.1) is 11.6 Å². The molecule has 4 heteroatoms. The van der Waals surface area contributed by atoms with Crippen LogP contribution in [0.15, 0.2) is 0 Å². The Hall–Kier alpha value is -0.280. The molecule has 0 aromatic rings. The molecule has 0 aromatic heterocycles. The molecular weight excluding hydrogens is 202 g/mol. The van der Waals surface area contributed by atoms with Gasteiger partial charge in [-0.2, -0.15) is 0 Å². The summed E-state index contributed by atoms with van der Waals surface area (Å²) >= 11 is 5.79. The van der Waals surface area contributed by atoms with Crippen LogP contribution < -0.4 is 5.32 Å². The average Bonchev–Trinajstić information content (AvgIpc) is 3.00. The number of rotatable bonds is 3. The van der Waals surface area contributed by atoms with Crippen molar-refractivity contribution < 1.29 is 9.53 Å². The summed E-state index contributed by atoms with van der Waals surface area (Å²) in [6, 6.07) is 0. The van der Waals surface area contributed by atoms with Crippen LogP contribution in [-0.2, 0) is 9.53 Å². The lowest BCUT2D eigenvalue weighted by Gasteiger charge is -2.23. The first-order valence-corrected chi connectivity index (χ1v) is 5.75. The third-order valence-electron chi connectivity index (χ3n) is 3.03. The van der Waals surface area contributed by atoms with Crippen LogP contribution >= 0.6 is 11.6 Å². The number of ether oxygens (including phenoxy) is 1. The van der Waals surface area contributed by atoms with E-state index in [1.165, 1.54) is 0 Å². The highest BCUT2D eigenvalue weighted by Crippen LogP contribution is 2.36. The highest BCUT2D eigenvalue weighted by molar-refractivity contribution is 6.19. The van der Waals surface area contributed by atoms with E-state index in [2.05, 4.69) is 5.32 Å². The van der Waals surface area contributed by atoms with Crippen molar-refractivity contribution in [3.8, 4) is 0 Å². The van der Waals surface area contributed by atoms with E-state index in [-0.39, 0.29) is 17.4 Å². The lowest BCUT2D eigenvalue weighted by atomic mass is 10.0. The minimum absolute atomic E-state index is 0.0458. The monoisotopic (exact) mass is 217 g/mol.